The Hall–Kier alpha value is -1.22. The number of fused-ring (bicyclic) bond motifs is 5. The van der Waals surface area contributed by atoms with Crippen molar-refractivity contribution in [1.82, 2.24) is 5.32 Å². The van der Waals surface area contributed by atoms with Gasteiger partial charge in [0.1, 0.15) is 11.9 Å². The van der Waals surface area contributed by atoms with E-state index >= 15 is 0 Å². The third kappa shape index (κ3) is 2.80. The number of hydrogen-bond donors (Lipinski definition) is 1. The Bertz CT molecular complexity index is 782. The van der Waals surface area contributed by atoms with E-state index in [9.17, 15) is 4.79 Å². The van der Waals surface area contributed by atoms with Gasteiger partial charge in [0.25, 0.3) is 0 Å². The molecule has 1 saturated heterocycles. The Morgan fingerprint density at radius 3 is 2.68 bits per heavy atom. The molecule has 1 aliphatic heterocycles. The van der Waals surface area contributed by atoms with E-state index < -0.39 is 0 Å². The average Bonchev–Trinajstić information content (AvgIpc) is 2.99. The van der Waals surface area contributed by atoms with Crippen molar-refractivity contribution in [3.63, 3.8) is 0 Å². The highest BCUT2D eigenvalue weighted by Gasteiger charge is 2.61. The zero-order valence-electron chi connectivity index (χ0n) is 17.0. The van der Waals surface area contributed by atoms with Gasteiger partial charge in [-0.1, -0.05) is 31.5 Å². The number of hydrogen-bond acceptors (Lipinski definition) is 2. The van der Waals surface area contributed by atoms with Gasteiger partial charge in [-0.2, -0.15) is 0 Å². The van der Waals surface area contributed by atoms with Crippen LogP contribution in [-0.2, 0) is 4.79 Å². The van der Waals surface area contributed by atoms with E-state index in [4.69, 9.17) is 16.3 Å². The third-order valence-corrected chi connectivity index (χ3v) is 9.32. The largest absolute Gasteiger partial charge is 0.490 e. The Morgan fingerprint density at radius 2 is 1.86 bits per heavy atom. The van der Waals surface area contributed by atoms with Crippen LogP contribution in [0.25, 0.3) is 0 Å². The highest BCUT2D eigenvalue weighted by atomic mass is 35.5. The zero-order valence-corrected chi connectivity index (χ0v) is 17.8. The lowest BCUT2D eigenvalue weighted by Gasteiger charge is -2.60. The summed E-state index contributed by atoms with van der Waals surface area (Å²) in [5.41, 5.74) is 0.536. The van der Waals surface area contributed by atoms with Crippen molar-refractivity contribution in [2.24, 2.45) is 28.6 Å². The van der Waals surface area contributed by atoms with Gasteiger partial charge in [-0.25, -0.2) is 0 Å². The first kappa shape index (κ1) is 18.8. The van der Waals surface area contributed by atoms with Crippen molar-refractivity contribution in [1.29, 1.82) is 0 Å². The molecular weight excluding hydrogens is 370 g/mol. The molecule has 7 atom stereocenters. The smallest absolute Gasteiger partial charge is 0.220 e. The molecule has 28 heavy (non-hydrogen) atoms. The fourth-order valence-corrected chi connectivity index (χ4v) is 7.73. The number of ether oxygens (including phenoxy) is 1. The number of piperidine rings is 1. The molecule has 1 amide bonds. The summed E-state index contributed by atoms with van der Waals surface area (Å²) >= 11 is 6.17. The van der Waals surface area contributed by atoms with Crippen molar-refractivity contribution >= 4 is 17.5 Å². The van der Waals surface area contributed by atoms with Crippen LogP contribution in [0.2, 0.25) is 5.02 Å². The van der Waals surface area contributed by atoms with E-state index in [-0.39, 0.29) is 22.8 Å². The fraction of sp³-hybridized carbons (Fsp3) is 0.708. The lowest BCUT2D eigenvalue weighted by molar-refractivity contribution is -0.137. The first-order valence-electron chi connectivity index (χ1n) is 11.1. The van der Waals surface area contributed by atoms with Gasteiger partial charge in [0.05, 0.1) is 0 Å². The molecule has 0 spiro atoms. The van der Waals surface area contributed by atoms with Crippen LogP contribution in [0.5, 0.6) is 5.75 Å². The van der Waals surface area contributed by atoms with Crippen molar-refractivity contribution < 1.29 is 9.53 Å². The maximum Gasteiger partial charge on any atom is 0.220 e. The Morgan fingerprint density at radius 1 is 1.04 bits per heavy atom. The van der Waals surface area contributed by atoms with Crippen molar-refractivity contribution in [3.8, 4) is 5.75 Å². The van der Waals surface area contributed by atoms with Gasteiger partial charge in [-0.3, -0.25) is 4.79 Å². The van der Waals surface area contributed by atoms with Crippen LogP contribution >= 0.6 is 11.6 Å². The second-order valence-corrected chi connectivity index (χ2v) is 10.7. The first-order chi connectivity index (χ1) is 13.4. The topological polar surface area (TPSA) is 38.3 Å². The standard InChI is InChI=1S/C24H32ClNO2/c1-23-13-11-22(27)26-20(23)8-6-17-18-7-9-21(24(18,2)12-10-19(17)23)28-16-5-3-4-15(25)14-16/h3-5,14,17-21H,6-13H2,1-2H3,(H,26,27)/t17-,18-,19+,20?,21?,23+,24-/m0/s1. The third-order valence-electron chi connectivity index (χ3n) is 9.08. The molecule has 4 fully saturated rings. The van der Waals surface area contributed by atoms with Crippen LogP contribution in [-0.4, -0.2) is 18.1 Å². The minimum Gasteiger partial charge on any atom is -0.490 e. The SMILES string of the molecule is C[C@]12CCC(=O)NC1CC[C@@H]1[C@H]2CC[C@]2(C)C(Oc3cccc(Cl)c3)CC[C@@H]12. The highest BCUT2D eigenvalue weighted by Crippen LogP contribution is 2.64. The van der Waals surface area contributed by atoms with Crippen LogP contribution in [0, 0.1) is 28.6 Å². The van der Waals surface area contributed by atoms with Gasteiger partial charge >= 0.3 is 0 Å². The average molecular weight is 402 g/mol. The lowest BCUT2D eigenvalue weighted by atomic mass is 9.47. The monoisotopic (exact) mass is 401 g/mol. The number of benzene rings is 1. The van der Waals surface area contributed by atoms with Gasteiger partial charge in [0.15, 0.2) is 0 Å². The summed E-state index contributed by atoms with van der Waals surface area (Å²) in [6.45, 7) is 4.94. The molecule has 3 nitrogen and oxygen atoms in total. The Kier molecular flexibility index (Phi) is 4.46. The van der Waals surface area contributed by atoms with Gasteiger partial charge in [0, 0.05) is 22.9 Å². The molecule has 152 valence electrons. The van der Waals surface area contributed by atoms with E-state index in [0.29, 0.717) is 12.5 Å². The molecule has 1 aromatic carbocycles. The van der Waals surface area contributed by atoms with Crippen molar-refractivity contribution in [2.45, 2.75) is 77.4 Å². The molecule has 0 bridgehead atoms. The molecular formula is C24H32ClNO2. The number of amides is 1. The van der Waals surface area contributed by atoms with Crippen LogP contribution in [0.3, 0.4) is 0 Å². The number of carbonyl (C=O) groups is 1. The fourth-order valence-electron chi connectivity index (χ4n) is 7.55. The predicted molar refractivity (Wildman–Crippen MR) is 111 cm³/mol. The van der Waals surface area contributed by atoms with Crippen molar-refractivity contribution in [2.75, 3.05) is 0 Å². The Balaban J connectivity index is 1.37. The number of halogens is 1. The maximum absolute atomic E-state index is 12.0. The summed E-state index contributed by atoms with van der Waals surface area (Å²) in [7, 11) is 0. The molecule has 4 heteroatoms. The zero-order chi connectivity index (χ0) is 19.5. The quantitative estimate of drug-likeness (QED) is 0.699. The van der Waals surface area contributed by atoms with E-state index in [1.54, 1.807) is 0 Å². The summed E-state index contributed by atoms with van der Waals surface area (Å²) in [6.07, 6.45) is 9.40. The highest BCUT2D eigenvalue weighted by molar-refractivity contribution is 6.30. The molecule has 5 rings (SSSR count). The first-order valence-corrected chi connectivity index (χ1v) is 11.5. The van der Waals surface area contributed by atoms with Crippen LogP contribution in [0.15, 0.2) is 24.3 Å². The molecule has 4 aliphatic rings. The number of nitrogens with one attached hydrogen (secondary N) is 1. The van der Waals surface area contributed by atoms with E-state index in [0.717, 1.165) is 47.8 Å². The molecule has 1 aromatic rings. The van der Waals surface area contributed by atoms with Crippen LogP contribution in [0.1, 0.15) is 65.2 Å². The van der Waals surface area contributed by atoms with E-state index in [1.807, 2.05) is 24.3 Å². The molecule has 2 unspecified atom stereocenters. The minimum absolute atomic E-state index is 0.255. The second kappa shape index (κ2) is 6.65. The molecule has 0 radical (unpaired) electrons. The molecule has 1 heterocycles. The molecule has 1 N–H and O–H groups in total. The van der Waals surface area contributed by atoms with Crippen LogP contribution < -0.4 is 10.1 Å². The number of rotatable bonds is 2. The summed E-state index contributed by atoms with van der Waals surface area (Å²) in [5, 5.41) is 4.07. The molecule has 0 aromatic heterocycles. The summed E-state index contributed by atoms with van der Waals surface area (Å²) < 4.78 is 6.51. The second-order valence-electron chi connectivity index (χ2n) is 10.3. The van der Waals surface area contributed by atoms with E-state index in [2.05, 4.69) is 19.2 Å². The normalized spacial score (nSPS) is 44.8. The Labute approximate surface area is 173 Å². The van der Waals surface area contributed by atoms with Gasteiger partial charge in [-0.15, -0.1) is 0 Å². The molecule has 3 aliphatic carbocycles. The van der Waals surface area contributed by atoms with Gasteiger partial charge in [-0.05, 0) is 86.3 Å². The van der Waals surface area contributed by atoms with Gasteiger partial charge in [0.2, 0.25) is 5.91 Å². The minimum atomic E-state index is 0.255. The maximum atomic E-state index is 12.0. The predicted octanol–water partition coefficient (Wildman–Crippen LogP) is 5.61. The summed E-state index contributed by atoms with van der Waals surface area (Å²) in [6, 6.07) is 8.25. The van der Waals surface area contributed by atoms with E-state index in [1.165, 1.54) is 25.7 Å². The van der Waals surface area contributed by atoms with Crippen molar-refractivity contribution in [3.05, 3.63) is 29.3 Å². The lowest BCUT2D eigenvalue weighted by Crippen LogP contribution is -2.61. The van der Waals surface area contributed by atoms with Crippen LogP contribution in [0.4, 0.5) is 0 Å². The van der Waals surface area contributed by atoms with Gasteiger partial charge < -0.3 is 10.1 Å². The summed E-state index contributed by atoms with van der Waals surface area (Å²) in [4.78, 5) is 12.0. The molecule has 3 saturated carbocycles. The summed E-state index contributed by atoms with van der Waals surface area (Å²) in [5.74, 6) is 3.44. The number of carbonyl (C=O) groups excluding carboxylic acids is 1.